The molecular formula is C5H5S. The third kappa shape index (κ3) is 0.601. The Bertz CT molecular complexity index is 101. The second kappa shape index (κ2) is 1.43. The second-order valence-corrected chi connectivity index (χ2v) is 1.79. The van der Waals surface area contributed by atoms with E-state index in [0.29, 0.717) is 0 Å². The summed E-state index contributed by atoms with van der Waals surface area (Å²) in [5.41, 5.74) is 0. The van der Waals surface area contributed by atoms with Crippen LogP contribution in [0.3, 0.4) is 0 Å². The minimum absolute atomic E-state index is 0.981. The largest absolute Gasteiger partial charge is 0.0846 e. The highest BCUT2D eigenvalue weighted by Crippen LogP contribution is 2.12. The Labute approximate surface area is 43.0 Å². The Hall–Kier alpha value is -0.300. The van der Waals surface area contributed by atoms with Crippen LogP contribution >= 0.6 is 12.6 Å². The lowest BCUT2D eigenvalue weighted by molar-refractivity contribution is 1.42. The average Bonchev–Trinajstić information content (AvgIpc) is 1.86. The van der Waals surface area contributed by atoms with Gasteiger partial charge in [-0.1, -0.05) is 24.8 Å². The van der Waals surface area contributed by atoms with Gasteiger partial charge in [-0.05, 0) is 6.08 Å². The van der Waals surface area contributed by atoms with Gasteiger partial charge in [0.15, 0.2) is 0 Å². The van der Waals surface area contributed by atoms with Crippen molar-refractivity contribution in [3.8, 4) is 0 Å². The van der Waals surface area contributed by atoms with Crippen LogP contribution in [-0.4, -0.2) is 0 Å². The summed E-state index contributed by atoms with van der Waals surface area (Å²) in [7, 11) is 0. The fraction of sp³-hybridized carbons (Fsp3) is 0.200. The van der Waals surface area contributed by atoms with Gasteiger partial charge < -0.3 is 0 Å². The maximum atomic E-state index is 4.80. The summed E-state index contributed by atoms with van der Waals surface area (Å²) in [5.74, 6) is 0. The molecule has 0 atom stereocenters. The molecule has 0 saturated carbocycles. The van der Waals surface area contributed by atoms with E-state index >= 15 is 0 Å². The molecule has 1 aliphatic rings. The van der Waals surface area contributed by atoms with Crippen molar-refractivity contribution in [2.75, 3.05) is 0 Å². The van der Waals surface area contributed by atoms with Crippen molar-refractivity contribution in [3.63, 3.8) is 0 Å². The van der Waals surface area contributed by atoms with Crippen molar-refractivity contribution >= 4 is 12.6 Å². The molecule has 0 aromatic rings. The molecule has 0 heterocycles. The van der Waals surface area contributed by atoms with Crippen LogP contribution in [0.5, 0.6) is 0 Å². The van der Waals surface area contributed by atoms with Gasteiger partial charge in [0, 0.05) is 11.3 Å². The Morgan fingerprint density at radius 2 is 2.50 bits per heavy atom. The second-order valence-electron chi connectivity index (χ2n) is 1.27. The average molecular weight is 97.2 g/mol. The predicted molar refractivity (Wildman–Crippen MR) is 29.4 cm³/mol. The molecule has 1 radical (unpaired) electrons. The van der Waals surface area contributed by atoms with Gasteiger partial charge >= 0.3 is 0 Å². The third-order valence-electron chi connectivity index (χ3n) is 0.737. The minimum Gasteiger partial charge on any atom is -0.0846 e. The normalized spacial score (nSPS) is 18.3. The standard InChI is InChI=1S/C5H5S/c6-5-3-1-2-4-5/h1-3H,4H2. The Kier molecular flexibility index (Phi) is 0.926. The summed E-state index contributed by atoms with van der Waals surface area (Å²) in [6, 6.07) is 0. The number of hydrogen-bond acceptors (Lipinski definition) is 0. The Morgan fingerprint density at radius 3 is 2.67 bits per heavy atom. The molecule has 1 rings (SSSR count). The van der Waals surface area contributed by atoms with E-state index < -0.39 is 0 Å². The van der Waals surface area contributed by atoms with Crippen LogP contribution in [0.4, 0.5) is 0 Å². The van der Waals surface area contributed by atoms with Crippen LogP contribution in [0.25, 0.3) is 0 Å². The molecule has 1 aliphatic carbocycles. The quantitative estimate of drug-likeness (QED) is 0.434. The van der Waals surface area contributed by atoms with Crippen molar-refractivity contribution in [2.45, 2.75) is 6.42 Å². The lowest BCUT2D eigenvalue weighted by Crippen LogP contribution is -1.53. The minimum atomic E-state index is 0.981. The fourth-order valence-corrected chi connectivity index (χ4v) is 0.602. The van der Waals surface area contributed by atoms with E-state index in [1.165, 1.54) is 0 Å². The summed E-state index contributed by atoms with van der Waals surface area (Å²) in [4.78, 5) is 1.05. The van der Waals surface area contributed by atoms with Gasteiger partial charge in [-0.25, -0.2) is 0 Å². The highest BCUT2D eigenvalue weighted by atomic mass is 32.1. The van der Waals surface area contributed by atoms with Crippen LogP contribution in [0.1, 0.15) is 6.42 Å². The monoisotopic (exact) mass is 97.0 g/mol. The number of hydrogen-bond donors (Lipinski definition) is 0. The summed E-state index contributed by atoms with van der Waals surface area (Å²) >= 11 is 4.80. The molecule has 0 amide bonds. The van der Waals surface area contributed by atoms with E-state index in [4.69, 9.17) is 12.6 Å². The van der Waals surface area contributed by atoms with Gasteiger partial charge in [0.1, 0.15) is 0 Å². The molecule has 6 heavy (non-hydrogen) atoms. The summed E-state index contributed by atoms with van der Waals surface area (Å²) in [5, 5.41) is 0. The highest BCUT2D eigenvalue weighted by molar-refractivity contribution is 7.84. The van der Waals surface area contributed by atoms with E-state index in [9.17, 15) is 0 Å². The zero-order valence-corrected chi connectivity index (χ0v) is 4.16. The van der Waals surface area contributed by atoms with Crippen LogP contribution in [0, 0.1) is 0 Å². The first kappa shape index (κ1) is 3.88. The topological polar surface area (TPSA) is 0 Å². The maximum absolute atomic E-state index is 4.80. The first-order valence-electron chi connectivity index (χ1n) is 1.92. The molecule has 0 saturated heterocycles. The summed E-state index contributed by atoms with van der Waals surface area (Å²) in [6.07, 6.45) is 6.98. The zero-order valence-electron chi connectivity index (χ0n) is 3.35. The number of allylic oxidation sites excluding steroid dienone is 4. The Balaban J connectivity index is 2.61. The van der Waals surface area contributed by atoms with Crippen molar-refractivity contribution in [2.24, 2.45) is 0 Å². The van der Waals surface area contributed by atoms with E-state index in [2.05, 4.69) is 6.08 Å². The lowest BCUT2D eigenvalue weighted by Gasteiger charge is -1.75. The first-order chi connectivity index (χ1) is 2.89. The predicted octanol–water partition coefficient (Wildman–Crippen LogP) is 2.03. The summed E-state index contributed by atoms with van der Waals surface area (Å²) in [6.45, 7) is 0. The molecule has 1 heteroatoms. The van der Waals surface area contributed by atoms with Crippen molar-refractivity contribution in [3.05, 3.63) is 23.1 Å². The van der Waals surface area contributed by atoms with Gasteiger partial charge in [0.05, 0.1) is 0 Å². The van der Waals surface area contributed by atoms with Crippen LogP contribution in [-0.2, 0) is 0 Å². The molecule has 0 aromatic carbocycles. The van der Waals surface area contributed by atoms with Crippen molar-refractivity contribution in [1.82, 2.24) is 0 Å². The molecular weight excluding hydrogens is 92.1 g/mol. The highest BCUT2D eigenvalue weighted by Gasteiger charge is 1.88. The maximum Gasteiger partial charge on any atom is 0.0189 e. The fourth-order valence-electron chi connectivity index (χ4n) is 0.428. The van der Waals surface area contributed by atoms with Crippen LogP contribution < -0.4 is 0 Å². The van der Waals surface area contributed by atoms with E-state index in [0.717, 1.165) is 11.3 Å². The van der Waals surface area contributed by atoms with E-state index in [-0.39, 0.29) is 0 Å². The lowest BCUT2D eigenvalue weighted by atomic mass is 10.5. The van der Waals surface area contributed by atoms with Crippen molar-refractivity contribution in [1.29, 1.82) is 0 Å². The third-order valence-corrected chi connectivity index (χ3v) is 1.04. The molecule has 0 unspecified atom stereocenters. The molecule has 0 fully saturated rings. The van der Waals surface area contributed by atoms with Gasteiger partial charge in [-0.15, -0.1) is 0 Å². The van der Waals surface area contributed by atoms with Gasteiger partial charge in [0.25, 0.3) is 0 Å². The molecule has 0 N–H and O–H groups in total. The molecule has 0 aliphatic heterocycles. The van der Waals surface area contributed by atoms with Gasteiger partial charge in [0.2, 0.25) is 0 Å². The van der Waals surface area contributed by atoms with Gasteiger partial charge in [-0.3, -0.25) is 0 Å². The molecule has 0 nitrogen and oxygen atoms in total. The molecule has 0 bridgehead atoms. The first-order valence-corrected chi connectivity index (χ1v) is 2.33. The SMILES string of the molecule is [S]C1=CC=CC1. The Morgan fingerprint density at radius 1 is 1.67 bits per heavy atom. The zero-order chi connectivity index (χ0) is 4.41. The smallest absolute Gasteiger partial charge is 0.0189 e. The van der Waals surface area contributed by atoms with E-state index in [1.807, 2.05) is 12.2 Å². The van der Waals surface area contributed by atoms with Crippen LogP contribution in [0.2, 0.25) is 0 Å². The number of rotatable bonds is 0. The molecule has 0 spiro atoms. The van der Waals surface area contributed by atoms with Gasteiger partial charge in [-0.2, -0.15) is 0 Å². The summed E-state index contributed by atoms with van der Waals surface area (Å²) < 4.78 is 0. The molecule has 0 aromatic heterocycles. The molecule has 31 valence electrons. The van der Waals surface area contributed by atoms with Crippen LogP contribution in [0.15, 0.2) is 23.1 Å². The van der Waals surface area contributed by atoms with Crippen molar-refractivity contribution < 1.29 is 0 Å². The van der Waals surface area contributed by atoms with E-state index in [1.54, 1.807) is 0 Å².